The Labute approximate surface area is 148 Å². The van der Waals surface area contributed by atoms with E-state index in [9.17, 15) is 4.79 Å². The summed E-state index contributed by atoms with van der Waals surface area (Å²) < 4.78 is 1.83. The minimum atomic E-state index is -0.276. The number of hydrogen-bond donors (Lipinski definition) is 0. The first-order valence-electron chi connectivity index (χ1n) is 7.72. The average molecular weight is 346 g/mol. The van der Waals surface area contributed by atoms with Crippen molar-refractivity contribution in [3.05, 3.63) is 76.8 Å². The molecule has 0 saturated heterocycles. The number of fused-ring (bicyclic) bond motifs is 1. The van der Waals surface area contributed by atoms with E-state index < -0.39 is 0 Å². The van der Waals surface area contributed by atoms with Gasteiger partial charge in [0.25, 0.3) is 5.91 Å². The largest absolute Gasteiger partial charge is 0.327 e. The number of carbonyl (C=O) groups excluding carboxylic acids is 1. The summed E-state index contributed by atoms with van der Waals surface area (Å²) in [4.78, 5) is 26.6. The summed E-state index contributed by atoms with van der Waals surface area (Å²) in [6.45, 7) is 0. The van der Waals surface area contributed by atoms with Gasteiger partial charge in [-0.1, -0.05) is 18.2 Å². The molecule has 3 heterocycles. The van der Waals surface area contributed by atoms with E-state index in [1.165, 1.54) is 11.3 Å². The van der Waals surface area contributed by atoms with Crippen LogP contribution in [0.4, 0.5) is 0 Å². The summed E-state index contributed by atoms with van der Waals surface area (Å²) in [7, 11) is 1.87. The van der Waals surface area contributed by atoms with Gasteiger partial charge in [-0.05, 0) is 24.3 Å². The zero-order chi connectivity index (χ0) is 17.2. The van der Waals surface area contributed by atoms with Crippen molar-refractivity contribution < 1.29 is 4.79 Å². The van der Waals surface area contributed by atoms with Crippen molar-refractivity contribution in [1.29, 1.82) is 0 Å². The van der Waals surface area contributed by atoms with Gasteiger partial charge in [0.1, 0.15) is 0 Å². The molecule has 0 unspecified atom stereocenters. The molecule has 0 fully saturated rings. The molecule has 0 atom stereocenters. The van der Waals surface area contributed by atoms with Crippen LogP contribution in [0.3, 0.4) is 0 Å². The molecule has 0 bridgehead atoms. The molecule has 122 valence electrons. The number of benzene rings is 1. The van der Waals surface area contributed by atoms with Crippen LogP contribution in [0.25, 0.3) is 22.2 Å². The molecule has 1 amide bonds. The van der Waals surface area contributed by atoms with Gasteiger partial charge in [0.2, 0.25) is 0 Å². The van der Waals surface area contributed by atoms with Gasteiger partial charge in [-0.3, -0.25) is 9.78 Å². The molecule has 0 saturated carbocycles. The van der Waals surface area contributed by atoms with Gasteiger partial charge >= 0.3 is 0 Å². The predicted molar refractivity (Wildman–Crippen MR) is 98.2 cm³/mol. The molecule has 4 rings (SSSR count). The molecule has 0 aliphatic heterocycles. The van der Waals surface area contributed by atoms with E-state index >= 15 is 0 Å². The van der Waals surface area contributed by atoms with Gasteiger partial charge in [0.05, 0.1) is 16.8 Å². The van der Waals surface area contributed by atoms with Crippen molar-refractivity contribution in [3.63, 3.8) is 0 Å². The minimum Gasteiger partial charge on any atom is -0.327 e. The van der Waals surface area contributed by atoms with Gasteiger partial charge in [-0.15, -0.1) is 11.3 Å². The highest BCUT2D eigenvalue weighted by Gasteiger charge is 2.13. The maximum atomic E-state index is 12.8. The zero-order valence-corrected chi connectivity index (χ0v) is 14.3. The van der Waals surface area contributed by atoms with Gasteiger partial charge in [0.15, 0.2) is 4.80 Å². The van der Waals surface area contributed by atoms with Crippen LogP contribution < -0.4 is 4.80 Å². The number of thiazole rings is 1. The van der Waals surface area contributed by atoms with E-state index in [2.05, 4.69) is 15.0 Å². The third kappa shape index (κ3) is 2.99. The third-order valence-corrected chi connectivity index (χ3v) is 4.71. The van der Waals surface area contributed by atoms with E-state index in [0.717, 1.165) is 16.5 Å². The quantitative estimate of drug-likeness (QED) is 0.559. The number of para-hydroxylation sites is 1. The van der Waals surface area contributed by atoms with Gasteiger partial charge in [-0.25, -0.2) is 4.98 Å². The molecule has 0 aliphatic rings. The third-order valence-electron chi connectivity index (χ3n) is 3.86. The van der Waals surface area contributed by atoms with Crippen LogP contribution in [0.5, 0.6) is 0 Å². The van der Waals surface area contributed by atoms with Crippen LogP contribution in [-0.2, 0) is 7.05 Å². The Morgan fingerprint density at radius 2 is 2.08 bits per heavy atom. The zero-order valence-electron chi connectivity index (χ0n) is 13.5. The SMILES string of the molecule is Cn1ccsc1=NC(=O)c1cc(-c2cccnc2)nc2ccccc12. The minimum absolute atomic E-state index is 0.276. The van der Waals surface area contributed by atoms with E-state index in [1.54, 1.807) is 18.5 Å². The van der Waals surface area contributed by atoms with Crippen molar-refractivity contribution in [2.24, 2.45) is 12.0 Å². The van der Waals surface area contributed by atoms with E-state index in [4.69, 9.17) is 0 Å². The number of aryl methyl sites for hydroxylation is 1. The number of rotatable bonds is 2. The average Bonchev–Trinajstić information content (AvgIpc) is 3.06. The highest BCUT2D eigenvalue weighted by atomic mass is 32.1. The van der Waals surface area contributed by atoms with E-state index in [1.807, 2.05) is 59.6 Å². The molecule has 3 aromatic heterocycles. The Hall–Kier alpha value is -3.12. The fourth-order valence-electron chi connectivity index (χ4n) is 2.60. The Morgan fingerprint density at radius 1 is 1.20 bits per heavy atom. The number of carbonyl (C=O) groups is 1. The van der Waals surface area contributed by atoms with Crippen molar-refractivity contribution in [2.75, 3.05) is 0 Å². The Bertz CT molecular complexity index is 1130. The molecule has 25 heavy (non-hydrogen) atoms. The summed E-state index contributed by atoms with van der Waals surface area (Å²) in [6.07, 6.45) is 5.33. The normalized spacial score (nSPS) is 11.8. The lowest BCUT2D eigenvalue weighted by atomic mass is 10.0. The van der Waals surface area contributed by atoms with Gasteiger partial charge in [-0.2, -0.15) is 4.99 Å². The molecular formula is C19H14N4OS. The van der Waals surface area contributed by atoms with Gasteiger partial charge < -0.3 is 4.57 Å². The fraction of sp³-hybridized carbons (Fsp3) is 0.0526. The number of nitrogens with zero attached hydrogens (tertiary/aromatic N) is 4. The molecule has 0 aliphatic carbocycles. The first kappa shape index (κ1) is 15.4. The van der Waals surface area contributed by atoms with Crippen molar-refractivity contribution in [1.82, 2.24) is 14.5 Å². The summed E-state index contributed by atoms with van der Waals surface area (Å²) >= 11 is 1.43. The molecule has 4 aromatic rings. The standard InChI is InChI=1S/C19H14N4OS/c1-23-9-10-25-19(23)22-18(24)15-11-17(13-5-4-8-20-12-13)21-16-7-3-2-6-14(15)16/h2-12H,1H3. The first-order chi connectivity index (χ1) is 12.2. The number of hydrogen-bond acceptors (Lipinski definition) is 4. The molecular weight excluding hydrogens is 332 g/mol. The van der Waals surface area contributed by atoms with E-state index in [-0.39, 0.29) is 5.91 Å². The lowest BCUT2D eigenvalue weighted by Crippen LogP contribution is -2.13. The molecule has 1 aromatic carbocycles. The molecule has 6 heteroatoms. The first-order valence-corrected chi connectivity index (χ1v) is 8.60. The molecule has 0 N–H and O–H groups in total. The van der Waals surface area contributed by atoms with Crippen LogP contribution in [0.15, 0.2) is 71.4 Å². The molecule has 5 nitrogen and oxygen atoms in total. The summed E-state index contributed by atoms with van der Waals surface area (Å²) in [5, 5.41) is 2.70. The van der Waals surface area contributed by atoms with Crippen LogP contribution in [0, 0.1) is 0 Å². The summed E-state index contributed by atoms with van der Waals surface area (Å²) in [5.74, 6) is -0.276. The predicted octanol–water partition coefficient (Wildman–Crippen LogP) is 3.44. The summed E-state index contributed by atoms with van der Waals surface area (Å²) in [6, 6.07) is 13.2. The van der Waals surface area contributed by atoms with Crippen LogP contribution >= 0.6 is 11.3 Å². The molecule has 0 spiro atoms. The maximum absolute atomic E-state index is 12.8. The number of amides is 1. The second-order valence-electron chi connectivity index (χ2n) is 5.53. The Kier molecular flexibility index (Phi) is 3.95. The van der Waals surface area contributed by atoms with Gasteiger partial charge in [0, 0.05) is 42.0 Å². The highest BCUT2D eigenvalue weighted by molar-refractivity contribution is 7.07. The number of pyridine rings is 2. The maximum Gasteiger partial charge on any atom is 0.280 e. The monoisotopic (exact) mass is 346 g/mol. The van der Waals surface area contributed by atoms with Crippen LogP contribution in [0.2, 0.25) is 0 Å². The van der Waals surface area contributed by atoms with Crippen molar-refractivity contribution in [2.45, 2.75) is 0 Å². The Morgan fingerprint density at radius 3 is 2.84 bits per heavy atom. The summed E-state index contributed by atoms with van der Waals surface area (Å²) in [5.41, 5.74) is 2.88. The highest BCUT2D eigenvalue weighted by Crippen LogP contribution is 2.24. The Balaban J connectivity index is 1.93. The fourth-order valence-corrected chi connectivity index (χ4v) is 3.32. The lowest BCUT2D eigenvalue weighted by Gasteiger charge is -2.07. The van der Waals surface area contributed by atoms with Crippen LogP contribution in [-0.4, -0.2) is 20.4 Å². The number of aromatic nitrogens is 3. The second-order valence-corrected chi connectivity index (χ2v) is 6.40. The van der Waals surface area contributed by atoms with Crippen LogP contribution in [0.1, 0.15) is 10.4 Å². The topological polar surface area (TPSA) is 60.1 Å². The van der Waals surface area contributed by atoms with Crippen molar-refractivity contribution >= 4 is 28.1 Å². The second kappa shape index (κ2) is 6.41. The smallest absolute Gasteiger partial charge is 0.280 e. The van der Waals surface area contributed by atoms with E-state index in [0.29, 0.717) is 16.1 Å². The molecule has 0 radical (unpaired) electrons. The lowest BCUT2D eigenvalue weighted by molar-refractivity contribution is 0.0999. The van der Waals surface area contributed by atoms with Crippen molar-refractivity contribution in [3.8, 4) is 11.3 Å².